The van der Waals surface area contributed by atoms with Crippen LogP contribution in [0, 0.1) is 0 Å². The molecule has 0 aromatic heterocycles. The Morgan fingerprint density at radius 3 is 2.42 bits per heavy atom. The number of benzene rings is 1. The molecular formula is C8H10O3S. The van der Waals surface area contributed by atoms with Crippen LogP contribution in [0.2, 0.25) is 0 Å². The van der Waals surface area contributed by atoms with E-state index in [-0.39, 0.29) is 6.61 Å². The molecule has 0 atom stereocenters. The third-order valence-electron chi connectivity index (χ3n) is 1.43. The van der Waals surface area contributed by atoms with Crippen LogP contribution in [-0.4, -0.2) is 15.0 Å². The molecule has 1 aromatic rings. The van der Waals surface area contributed by atoms with Crippen molar-refractivity contribution in [3.8, 4) is 0 Å². The highest BCUT2D eigenvalue weighted by Crippen LogP contribution is 1.99. The van der Waals surface area contributed by atoms with Gasteiger partial charge < -0.3 is 0 Å². The van der Waals surface area contributed by atoms with Gasteiger partial charge in [0, 0.05) is 0 Å². The lowest BCUT2D eigenvalue weighted by molar-refractivity contribution is 0.337. The van der Waals surface area contributed by atoms with E-state index in [4.69, 9.17) is 0 Å². The van der Waals surface area contributed by atoms with E-state index in [1.54, 1.807) is 0 Å². The molecule has 0 bridgehead atoms. The van der Waals surface area contributed by atoms with Gasteiger partial charge in [-0.15, -0.1) is 0 Å². The maximum atomic E-state index is 10.0. The van der Waals surface area contributed by atoms with Crippen molar-refractivity contribution >= 4 is 11.0 Å². The van der Waals surface area contributed by atoms with Gasteiger partial charge in [0.1, 0.15) is 0 Å². The van der Waals surface area contributed by atoms with Crippen LogP contribution in [0.25, 0.3) is 0 Å². The minimum absolute atomic E-state index is 0.225. The molecule has 0 saturated carbocycles. The van der Waals surface area contributed by atoms with E-state index in [0.717, 1.165) is 5.56 Å². The molecule has 0 fully saturated rings. The van der Waals surface area contributed by atoms with E-state index in [1.165, 1.54) is 0 Å². The zero-order chi connectivity index (χ0) is 8.81. The molecule has 1 rings (SSSR count). The van der Waals surface area contributed by atoms with Crippen LogP contribution in [-0.2, 0) is 21.6 Å². The second kappa shape index (κ2) is 4.90. The first-order valence-corrected chi connectivity index (χ1v) is 4.70. The summed E-state index contributed by atoms with van der Waals surface area (Å²) in [5.41, 5.74) is 1.08. The lowest BCUT2D eigenvalue weighted by atomic mass is 10.2. The van der Waals surface area contributed by atoms with Crippen molar-refractivity contribution in [1.82, 2.24) is 0 Å². The summed E-state index contributed by atoms with van der Waals surface area (Å²) in [6, 6.07) is 9.60. The minimum atomic E-state index is -2.70. The van der Waals surface area contributed by atoms with E-state index >= 15 is 0 Å². The van der Waals surface area contributed by atoms with Crippen LogP contribution >= 0.6 is 0 Å². The Labute approximate surface area is 73.1 Å². The van der Waals surface area contributed by atoms with Gasteiger partial charge in [0.05, 0.1) is 6.61 Å². The van der Waals surface area contributed by atoms with Gasteiger partial charge in [-0.2, -0.15) is 0 Å². The van der Waals surface area contributed by atoms with Crippen molar-refractivity contribution in [3.05, 3.63) is 35.9 Å². The van der Waals surface area contributed by atoms with E-state index in [2.05, 4.69) is 4.18 Å². The third-order valence-corrected chi connectivity index (χ3v) is 1.82. The first-order valence-electron chi connectivity index (χ1n) is 3.60. The Morgan fingerprint density at radius 1 is 1.17 bits per heavy atom. The smallest absolute Gasteiger partial charge is 0.257 e. The topological polar surface area (TPSA) is 43.4 Å². The summed E-state index contributed by atoms with van der Waals surface area (Å²) in [6.45, 7) is 0.225. The highest BCUT2D eigenvalue weighted by atomic mass is 32.2. The van der Waals surface area contributed by atoms with Crippen molar-refractivity contribution in [2.45, 2.75) is 6.42 Å². The van der Waals surface area contributed by atoms with Crippen LogP contribution in [0.1, 0.15) is 5.56 Å². The van der Waals surface area contributed by atoms with Crippen molar-refractivity contribution in [2.75, 3.05) is 6.61 Å². The van der Waals surface area contributed by atoms with E-state index in [0.29, 0.717) is 6.42 Å². The van der Waals surface area contributed by atoms with Crippen molar-refractivity contribution < 1.29 is 12.6 Å². The fourth-order valence-corrected chi connectivity index (χ4v) is 1.12. The summed E-state index contributed by atoms with van der Waals surface area (Å²) in [4.78, 5) is 0. The minimum Gasteiger partial charge on any atom is -0.272 e. The van der Waals surface area contributed by atoms with Crippen molar-refractivity contribution in [3.63, 3.8) is 0 Å². The SMILES string of the molecule is O=[SH](=O)OCCc1ccccc1. The van der Waals surface area contributed by atoms with Crippen LogP contribution in [0.15, 0.2) is 30.3 Å². The fourth-order valence-electron chi connectivity index (χ4n) is 0.883. The first kappa shape index (κ1) is 9.22. The lowest BCUT2D eigenvalue weighted by Gasteiger charge is -1.96. The number of hydrogen-bond acceptors (Lipinski definition) is 3. The van der Waals surface area contributed by atoms with E-state index < -0.39 is 11.0 Å². The Morgan fingerprint density at radius 2 is 1.83 bits per heavy atom. The quantitative estimate of drug-likeness (QED) is 0.706. The monoisotopic (exact) mass is 186 g/mol. The number of rotatable bonds is 4. The Bertz CT molecular complexity index is 284. The second-order valence-electron chi connectivity index (χ2n) is 2.29. The molecule has 0 aliphatic heterocycles. The summed E-state index contributed by atoms with van der Waals surface area (Å²) < 4.78 is 24.4. The van der Waals surface area contributed by atoms with Crippen LogP contribution in [0.3, 0.4) is 0 Å². The molecule has 0 spiro atoms. The average Bonchev–Trinajstić information content (AvgIpc) is 2.05. The van der Waals surface area contributed by atoms with Crippen molar-refractivity contribution in [2.24, 2.45) is 0 Å². The standard InChI is InChI=1S/C8H10O3S/c9-12(10)11-7-6-8-4-2-1-3-5-8/h1-5,12H,6-7H2. The summed E-state index contributed by atoms with van der Waals surface area (Å²) in [5, 5.41) is 0. The highest BCUT2D eigenvalue weighted by Gasteiger charge is 1.91. The number of thiol groups is 1. The summed E-state index contributed by atoms with van der Waals surface area (Å²) in [5.74, 6) is 0. The molecule has 3 nitrogen and oxygen atoms in total. The maximum absolute atomic E-state index is 10.0. The molecule has 0 saturated heterocycles. The van der Waals surface area contributed by atoms with Crippen molar-refractivity contribution in [1.29, 1.82) is 0 Å². The Hall–Kier alpha value is -0.870. The first-order chi connectivity index (χ1) is 5.79. The molecule has 0 heterocycles. The van der Waals surface area contributed by atoms with Crippen LogP contribution in [0.4, 0.5) is 0 Å². The maximum Gasteiger partial charge on any atom is 0.257 e. The van der Waals surface area contributed by atoms with Gasteiger partial charge in [0.15, 0.2) is 0 Å². The number of hydrogen-bond donors (Lipinski definition) is 1. The Balaban J connectivity index is 2.34. The summed E-state index contributed by atoms with van der Waals surface area (Å²) >= 11 is 0. The van der Waals surface area contributed by atoms with Gasteiger partial charge in [0.25, 0.3) is 11.0 Å². The zero-order valence-electron chi connectivity index (χ0n) is 6.47. The van der Waals surface area contributed by atoms with Gasteiger partial charge in [0.2, 0.25) is 0 Å². The molecule has 66 valence electrons. The molecule has 0 unspecified atom stereocenters. The molecule has 0 N–H and O–H groups in total. The summed E-state index contributed by atoms with van der Waals surface area (Å²) in [7, 11) is -2.70. The van der Waals surface area contributed by atoms with E-state index in [1.807, 2.05) is 30.3 Å². The molecular weight excluding hydrogens is 176 g/mol. The molecule has 0 radical (unpaired) electrons. The molecule has 1 aromatic carbocycles. The summed E-state index contributed by atoms with van der Waals surface area (Å²) in [6.07, 6.45) is 0.629. The predicted molar refractivity (Wildman–Crippen MR) is 46.4 cm³/mol. The predicted octanol–water partition coefficient (Wildman–Crippen LogP) is 0.772. The highest BCUT2D eigenvalue weighted by molar-refractivity contribution is 7.67. The lowest BCUT2D eigenvalue weighted by Crippen LogP contribution is -1.96. The molecule has 0 aliphatic rings. The van der Waals surface area contributed by atoms with E-state index in [9.17, 15) is 8.42 Å². The van der Waals surface area contributed by atoms with Gasteiger partial charge >= 0.3 is 0 Å². The van der Waals surface area contributed by atoms with Gasteiger partial charge in [-0.25, -0.2) is 8.42 Å². The average molecular weight is 186 g/mol. The van der Waals surface area contributed by atoms with Gasteiger partial charge in [-0.3, -0.25) is 4.18 Å². The molecule has 0 amide bonds. The van der Waals surface area contributed by atoms with Crippen LogP contribution < -0.4 is 0 Å². The third kappa shape index (κ3) is 3.50. The molecule has 0 aliphatic carbocycles. The normalized spacial score (nSPS) is 10.4. The zero-order valence-corrected chi connectivity index (χ0v) is 7.37. The van der Waals surface area contributed by atoms with Crippen LogP contribution in [0.5, 0.6) is 0 Å². The van der Waals surface area contributed by atoms with Gasteiger partial charge in [-0.1, -0.05) is 30.3 Å². The molecule has 12 heavy (non-hydrogen) atoms. The largest absolute Gasteiger partial charge is 0.272 e. The fraction of sp³-hybridized carbons (Fsp3) is 0.250. The second-order valence-corrected chi connectivity index (χ2v) is 3.00. The molecule has 4 heteroatoms. The Kier molecular flexibility index (Phi) is 3.76. The van der Waals surface area contributed by atoms with Gasteiger partial charge in [-0.05, 0) is 12.0 Å².